The molecule has 2 aromatic rings. The zero-order chi connectivity index (χ0) is 13.9. The van der Waals surface area contributed by atoms with Crippen molar-refractivity contribution in [2.24, 2.45) is 0 Å². The van der Waals surface area contributed by atoms with E-state index >= 15 is 0 Å². The lowest BCUT2D eigenvalue weighted by atomic mass is 10.1. The number of nitrogens with one attached hydrogen (secondary N) is 1. The summed E-state index contributed by atoms with van der Waals surface area (Å²) in [7, 11) is 0. The van der Waals surface area contributed by atoms with Crippen LogP contribution in [0.5, 0.6) is 0 Å². The van der Waals surface area contributed by atoms with E-state index in [0.717, 1.165) is 44.2 Å². The summed E-state index contributed by atoms with van der Waals surface area (Å²) >= 11 is 0. The first-order valence-electron chi connectivity index (χ1n) is 7.02. The van der Waals surface area contributed by atoms with E-state index in [2.05, 4.69) is 57.8 Å². The number of tetrazole rings is 1. The molecule has 1 aliphatic heterocycles. The minimum absolute atomic E-state index is 0.794. The first-order chi connectivity index (χ1) is 9.74. The van der Waals surface area contributed by atoms with Crippen LogP contribution < -0.4 is 5.32 Å². The summed E-state index contributed by atoms with van der Waals surface area (Å²) in [6, 6.07) is 6.34. The lowest BCUT2D eigenvalue weighted by molar-refractivity contribution is 0.226. The first kappa shape index (κ1) is 13.2. The number of hydrogen-bond acceptors (Lipinski definition) is 5. The summed E-state index contributed by atoms with van der Waals surface area (Å²) in [4.78, 5) is 2.38. The van der Waals surface area contributed by atoms with Crippen LogP contribution in [0.25, 0.3) is 5.69 Å². The van der Waals surface area contributed by atoms with Gasteiger partial charge in [0.1, 0.15) is 0 Å². The Balaban J connectivity index is 1.85. The number of benzene rings is 1. The third-order valence-corrected chi connectivity index (χ3v) is 3.69. The van der Waals surface area contributed by atoms with Gasteiger partial charge in [0.15, 0.2) is 5.82 Å². The normalized spacial score (nSPS) is 16.5. The van der Waals surface area contributed by atoms with E-state index in [4.69, 9.17) is 0 Å². The minimum Gasteiger partial charge on any atom is -0.314 e. The van der Waals surface area contributed by atoms with Crippen LogP contribution in [0.1, 0.15) is 17.0 Å². The van der Waals surface area contributed by atoms with Crippen molar-refractivity contribution in [3.8, 4) is 5.69 Å². The van der Waals surface area contributed by atoms with Crippen molar-refractivity contribution in [1.29, 1.82) is 0 Å². The van der Waals surface area contributed by atoms with Crippen molar-refractivity contribution in [3.05, 3.63) is 35.2 Å². The van der Waals surface area contributed by atoms with E-state index in [1.165, 1.54) is 11.1 Å². The van der Waals surface area contributed by atoms with E-state index in [-0.39, 0.29) is 0 Å². The highest BCUT2D eigenvalue weighted by Crippen LogP contribution is 2.16. The molecule has 0 radical (unpaired) electrons. The molecule has 0 amide bonds. The third-order valence-electron chi connectivity index (χ3n) is 3.69. The van der Waals surface area contributed by atoms with Gasteiger partial charge in [-0.15, -0.1) is 5.10 Å². The van der Waals surface area contributed by atoms with Crippen molar-refractivity contribution in [2.45, 2.75) is 20.4 Å². The summed E-state index contributed by atoms with van der Waals surface area (Å²) < 4.78 is 1.86. The summed E-state index contributed by atoms with van der Waals surface area (Å²) in [5.41, 5.74) is 3.51. The van der Waals surface area contributed by atoms with Crippen molar-refractivity contribution < 1.29 is 0 Å². The Labute approximate surface area is 118 Å². The zero-order valence-electron chi connectivity index (χ0n) is 12.0. The van der Waals surface area contributed by atoms with Crippen LogP contribution in [0.2, 0.25) is 0 Å². The van der Waals surface area contributed by atoms with Crippen LogP contribution in [-0.4, -0.2) is 51.3 Å². The number of hydrogen-bond donors (Lipinski definition) is 1. The standard InChI is InChI=1S/C14H20N6/c1-11-3-4-13(12(2)9-11)20-14(16-17-18-20)10-19-7-5-15-6-8-19/h3-4,9,15H,5-8,10H2,1-2H3. The molecule has 0 atom stereocenters. The Hall–Kier alpha value is -1.79. The first-order valence-corrected chi connectivity index (χ1v) is 7.02. The highest BCUT2D eigenvalue weighted by atomic mass is 15.5. The molecule has 0 bridgehead atoms. The Kier molecular flexibility index (Phi) is 3.75. The Morgan fingerprint density at radius 2 is 2.00 bits per heavy atom. The molecule has 0 unspecified atom stereocenters. The fourth-order valence-corrected chi connectivity index (χ4v) is 2.60. The minimum atomic E-state index is 0.794. The average molecular weight is 272 g/mol. The Morgan fingerprint density at radius 1 is 1.20 bits per heavy atom. The molecular weight excluding hydrogens is 252 g/mol. The lowest BCUT2D eigenvalue weighted by Crippen LogP contribution is -2.43. The molecule has 2 heterocycles. The average Bonchev–Trinajstić information content (AvgIpc) is 2.88. The topological polar surface area (TPSA) is 58.9 Å². The number of aryl methyl sites for hydroxylation is 2. The molecule has 1 saturated heterocycles. The van der Waals surface area contributed by atoms with E-state index in [1.807, 2.05) is 4.68 Å². The van der Waals surface area contributed by atoms with Gasteiger partial charge in [-0.05, 0) is 35.9 Å². The maximum atomic E-state index is 4.19. The van der Waals surface area contributed by atoms with Gasteiger partial charge in [-0.25, -0.2) is 0 Å². The predicted molar refractivity (Wildman–Crippen MR) is 76.8 cm³/mol. The van der Waals surface area contributed by atoms with Gasteiger partial charge in [-0.2, -0.15) is 4.68 Å². The second-order valence-corrected chi connectivity index (χ2v) is 5.32. The number of aromatic nitrogens is 4. The van der Waals surface area contributed by atoms with Gasteiger partial charge >= 0.3 is 0 Å². The number of piperazine rings is 1. The summed E-state index contributed by atoms with van der Waals surface area (Å²) in [5, 5.41) is 15.5. The van der Waals surface area contributed by atoms with Crippen LogP contribution >= 0.6 is 0 Å². The molecule has 6 nitrogen and oxygen atoms in total. The molecule has 1 fully saturated rings. The molecular formula is C14H20N6. The van der Waals surface area contributed by atoms with Crippen LogP contribution in [0.15, 0.2) is 18.2 Å². The second-order valence-electron chi connectivity index (χ2n) is 5.32. The molecule has 20 heavy (non-hydrogen) atoms. The molecule has 0 aliphatic carbocycles. The van der Waals surface area contributed by atoms with E-state index in [0.29, 0.717) is 0 Å². The molecule has 1 aromatic carbocycles. The predicted octanol–water partition coefficient (Wildman–Crippen LogP) is 0.684. The Morgan fingerprint density at radius 3 is 2.75 bits per heavy atom. The second kappa shape index (κ2) is 5.68. The van der Waals surface area contributed by atoms with Crippen molar-refractivity contribution >= 4 is 0 Å². The highest BCUT2D eigenvalue weighted by molar-refractivity contribution is 5.42. The van der Waals surface area contributed by atoms with Crippen LogP contribution in [0.3, 0.4) is 0 Å². The molecule has 1 aliphatic rings. The maximum Gasteiger partial charge on any atom is 0.170 e. The van der Waals surface area contributed by atoms with Crippen molar-refractivity contribution in [1.82, 2.24) is 30.4 Å². The van der Waals surface area contributed by atoms with Crippen LogP contribution in [0, 0.1) is 13.8 Å². The molecule has 6 heteroatoms. The Bertz CT molecular complexity index is 585. The van der Waals surface area contributed by atoms with Crippen molar-refractivity contribution in [3.63, 3.8) is 0 Å². The van der Waals surface area contributed by atoms with Crippen LogP contribution in [0.4, 0.5) is 0 Å². The van der Waals surface area contributed by atoms with E-state index < -0.39 is 0 Å². The van der Waals surface area contributed by atoms with Gasteiger partial charge in [-0.3, -0.25) is 4.90 Å². The molecule has 1 aromatic heterocycles. The van der Waals surface area contributed by atoms with E-state index in [1.54, 1.807) is 0 Å². The fraction of sp³-hybridized carbons (Fsp3) is 0.500. The summed E-state index contributed by atoms with van der Waals surface area (Å²) in [6.07, 6.45) is 0. The SMILES string of the molecule is Cc1ccc(-n2nnnc2CN2CCNCC2)c(C)c1. The smallest absolute Gasteiger partial charge is 0.170 e. The van der Waals surface area contributed by atoms with Crippen molar-refractivity contribution in [2.75, 3.05) is 26.2 Å². The lowest BCUT2D eigenvalue weighted by Gasteiger charge is -2.26. The zero-order valence-corrected chi connectivity index (χ0v) is 12.0. The van der Waals surface area contributed by atoms with Crippen LogP contribution in [-0.2, 0) is 6.54 Å². The van der Waals surface area contributed by atoms with Gasteiger partial charge in [-0.1, -0.05) is 17.7 Å². The monoisotopic (exact) mass is 272 g/mol. The quantitative estimate of drug-likeness (QED) is 0.890. The molecule has 1 N–H and O–H groups in total. The van der Waals surface area contributed by atoms with E-state index in [9.17, 15) is 0 Å². The molecule has 106 valence electrons. The van der Waals surface area contributed by atoms with Gasteiger partial charge in [0, 0.05) is 26.2 Å². The van der Waals surface area contributed by atoms with Gasteiger partial charge in [0.2, 0.25) is 0 Å². The fourth-order valence-electron chi connectivity index (χ4n) is 2.60. The van der Waals surface area contributed by atoms with Gasteiger partial charge in [0.25, 0.3) is 0 Å². The highest BCUT2D eigenvalue weighted by Gasteiger charge is 2.16. The molecule has 0 spiro atoms. The summed E-state index contributed by atoms with van der Waals surface area (Å²) in [6.45, 7) is 9.13. The number of nitrogens with zero attached hydrogens (tertiary/aromatic N) is 5. The largest absolute Gasteiger partial charge is 0.314 e. The molecule has 3 rings (SSSR count). The van der Waals surface area contributed by atoms with Gasteiger partial charge < -0.3 is 5.32 Å². The third kappa shape index (κ3) is 2.71. The summed E-state index contributed by atoms with van der Waals surface area (Å²) in [5.74, 6) is 0.902. The number of rotatable bonds is 3. The maximum absolute atomic E-state index is 4.19. The molecule has 0 saturated carbocycles. The van der Waals surface area contributed by atoms with Gasteiger partial charge in [0.05, 0.1) is 12.2 Å².